The van der Waals surface area contributed by atoms with Crippen LogP contribution >= 0.6 is 0 Å². The molecule has 2 rings (SSSR count). The maximum atomic E-state index is 2.57. The Morgan fingerprint density at radius 3 is 2.10 bits per heavy atom. The first-order valence-corrected chi connectivity index (χ1v) is 10.1. The summed E-state index contributed by atoms with van der Waals surface area (Å²) in [7, 11) is 0. The topological polar surface area (TPSA) is 0 Å². The normalized spacial score (nSPS) is 28.2. The fourth-order valence-corrected chi connectivity index (χ4v) is 4.57. The first-order chi connectivity index (χ1) is 10.4. The van der Waals surface area contributed by atoms with Crippen LogP contribution in [-0.4, -0.2) is 0 Å². The highest BCUT2D eigenvalue weighted by molar-refractivity contribution is 4.92. The average molecular weight is 291 g/mol. The lowest BCUT2D eigenvalue weighted by Gasteiger charge is -2.35. The summed E-state index contributed by atoms with van der Waals surface area (Å²) in [6.07, 6.45) is 27.1. The molecule has 0 N–H and O–H groups in total. The van der Waals surface area contributed by atoms with E-state index in [1.54, 1.807) is 12.8 Å². The van der Waals surface area contributed by atoms with Gasteiger partial charge in [-0.05, 0) is 56.3 Å². The van der Waals surface area contributed by atoms with Gasteiger partial charge in [0.15, 0.2) is 0 Å². The van der Waals surface area contributed by atoms with Crippen LogP contribution in [0.4, 0.5) is 0 Å². The van der Waals surface area contributed by atoms with Crippen LogP contribution in [0.1, 0.15) is 103 Å². The summed E-state index contributed by atoms with van der Waals surface area (Å²) >= 11 is 0. The smallest absolute Gasteiger partial charge is 0.0233 e. The quantitative estimate of drug-likeness (QED) is 0.325. The third kappa shape index (κ3) is 6.57. The third-order valence-corrected chi connectivity index (χ3v) is 6.02. The van der Waals surface area contributed by atoms with E-state index in [0.717, 1.165) is 17.8 Å². The van der Waals surface area contributed by atoms with Gasteiger partial charge in [-0.15, -0.1) is 0 Å². The highest BCUT2D eigenvalue weighted by Crippen LogP contribution is 2.40. The summed E-state index contributed by atoms with van der Waals surface area (Å²) < 4.78 is 0. The molecule has 122 valence electrons. The van der Waals surface area contributed by atoms with Crippen LogP contribution in [0.3, 0.4) is 0 Å². The van der Waals surface area contributed by atoms with E-state index in [0.29, 0.717) is 0 Å². The molecule has 2 aliphatic rings. The molecule has 0 aromatic carbocycles. The number of allylic oxidation sites excluding steroid dienone is 2. The van der Waals surface area contributed by atoms with E-state index in [9.17, 15) is 0 Å². The van der Waals surface area contributed by atoms with Gasteiger partial charge in [0.25, 0.3) is 0 Å². The maximum Gasteiger partial charge on any atom is -0.0233 e. The van der Waals surface area contributed by atoms with Gasteiger partial charge in [-0.25, -0.2) is 0 Å². The van der Waals surface area contributed by atoms with Crippen molar-refractivity contribution in [2.45, 2.75) is 103 Å². The summed E-state index contributed by atoms with van der Waals surface area (Å²) in [4.78, 5) is 0. The van der Waals surface area contributed by atoms with Crippen molar-refractivity contribution in [3.63, 3.8) is 0 Å². The van der Waals surface area contributed by atoms with Gasteiger partial charge in [0, 0.05) is 0 Å². The molecule has 0 aromatic rings. The van der Waals surface area contributed by atoms with Gasteiger partial charge in [0.05, 0.1) is 0 Å². The number of hydrogen-bond acceptors (Lipinski definition) is 0. The molecular formula is C21H38. The Morgan fingerprint density at radius 1 is 0.714 bits per heavy atom. The van der Waals surface area contributed by atoms with E-state index in [2.05, 4.69) is 19.1 Å². The molecule has 0 aliphatic heterocycles. The number of hydrogen-bond donors (Lipinski definition) is 0. The first kappa shape index (κ1) is 17.1. The molecule has 0 bridgehead atoms. The first-order valence-electron chi connectivity index (χ1n) is 10.1. The van der Waals surface area contributed by atoms with Gasteiger partial charge in [-0.1, -0.05) is 76.9 Å². The van der Waals surface area contributed by atoms with E-state index >= 15 is 0 Å². The molecule has 2 saturated carbocycles. The molecule has 0 spiro atoms. The van der Waals surface area contributed by atoms with Gasteiger partial charge in [-0.3, -0.25) is 0 Å². The van der Waals surface area contributed by atoms with Gasteiger partial charge in [0.2, 0.25) is 0 Å². The van der Waals surface area contributed by atoms with E-state index < -0.39 is 0 Å². The molecule has 0 radical (unpaired) electrons. The van der Waals surface area contributed by atoms with E-state index in [4.69, 9.17) is 0 Å². The zero-order valence-corrected chi connectivity index (χ0v) is 14.5. The monoisotopic (exact) mass is 290 g/mol. The van der Waals surface area contributed by atoms with Crippen LogP contribution in [0.2, 0.25) is 0 Å². The lowest BCUT2D eigenvalue weighted by Crippen LogP contribution is -2.23. The van der Waals surface area contributed by atoms with Crippen molar-refractivity contribution < 1.29 is 0 Å². The Bertz CT molecular complexity index is 264. The standard InChI is InChI=1S/C21H38/c1-2-3-4-5-6-7-9-12-19-15-17-21(18-16-19)20-13-10-8-11-14-20/h9,12,19-21H,2-8,10-11,13-18H2,1H3/b12-9+/t19-,21-. The van der Waals surface area contributed by atoms with Crippen LogP contribution in [0.25, 0.3) is 0 Å². The van der Waals surface area contributed by atoms with E-state index in [1.807, 2.05) is 0 Å². The Labute approximate surface area is 133 Å². The average Bonchev–Trinajstić information content (AvgIpc) is 2.55. The lowest BCUT2D eigenvalue weighted by molar-refractivity contribution is 0.180. The van der Waals surface area contributed by atoms with Crippen molar-refractivity contribution in [3.8, 4) is 0 Å². The summed E-state index contributed by atoms with van der Waals surface area (Å²) in [5.74, 6) is 3.10. The Morgan fingerprint density at radius 2 is 1.38 bits per heavy atom. The van der Waals surface area contributed by atoms with Crippen molar-refractivity contribution in [3.05, 3.63) is 12.2 Å². The Balaban J connectivity index is 1.54. The summed E-state index contributed by atoms with van der Waals surface area (Å²) in [6, 6.07) is 0. The predicted molar refractivity (Wildman–Crippen MR) is 94.5 cm³/mol. The molecule has 2 aliphatic carbocycles. The largest absolute Gasteiger partial charge is 0.0883 e. The van der Waals surface area contributed by atoms with Gasteiger partial charge in [0.1, 0.15) is 0 Å². The highest BCUT2D eigenvalue weighted by atomic mass is 14.3. The van der Waals surface area contributed by atoms with Crippen molar-refractivity contribution in [2.75, 3.05) is 0 Å². The molecule has 0 unspecified atom stereocenters. The van der Waals surface area contributed by atoms with E-state index in [1.165, 1.54) is 83.5 Å². The zero-order chi connectivity index (χ0) is 14.8. The molecule has 0 aromatic heterocycles. The molecule has 0 amide bonds. The minimum atomic E-state index is 0.917. The van der Waals surface area contributed by atoms with Gasteiger partial charge < -0.3 is 0 Å². The molecule has 21 heavy (non-hydrogen) atoms. The highest BCUT2D eigenvalue weighted by Gasteiger charge is 2.27. The lowest BCUT2D eigenvalue weighted by atomic mass is 9.71. The maximum absolute atomic E-state index is 2.57. The van der Waals surface area contributed by atoms with Crippen LogP contribution in [0, 0.1) is 17.8 Å². The van der Waals surface area contributed by atoms with Crippen LogP contribution in [-0.2, 0) is 0 Å². The SMILES string of the molecule is CCCCCCC/C=C/[C@H]1CC[C@H](C2CCCCC2)CC1. The second-order valence-electron chi connectivity index (χ2n) is 7.70. The van der Waals surface area contributed by atoms with Gasteiger partial charge >= 0.3 is 0 Å². The van der Waals surface area contributed by atoms with Crippen LogP contribution in [0.15, 0.2) is 12.2 Å². The van der Waals surface area contributed by atoms with Crippen molar-refractivity contribution in [1.29, 1.82) is 0 Å². The number of rotatable bonds is 8. The summed E-state index contributed by atoms with van der Waals surface area (Å²) in [5, 5.41) is 0. The van der Waals surface area contributed by atoms with Crippen LogP contribution < -0.4 is 0 Å². The van der Waals surface area contributed by atoms with Gasteiger partial charge in [-0.2, -0.15) is 0 Å². The molecule has 0 heteroatoms. The second-order valence-corrected chi connectivity index (χ2v) is 7.70. The zero-order valence-electron chi connectivity index (χ0n) is 14.5. The minimum Gasteiger partial charge on any atom is -0.0883 e. The van der Waals surface area contributed by atoms with E-state index in [-0.39, 0.29) is 0 Å². The predicted octanol–water partition coefficient (Wildman–Crippen LogP) is 7.29. The molecule has 0 atom stereocenters. The third-order valence-electron chi connectivity index (χ3n) is 6.02. The Kier molecular flexibility index (Phi) is 8.52. The molecule has 0 saturated heterocycles. The fraction of sp³-hybridized carbons (Fsp3) is 0.905. The van der Waals surface area contributed by atoms with Crippen LogP contribution in [0.5, 0.6) is 0 Å². The minimum absolute atomic E-state index is 0.917. The molecule has 0 heterocycles. The van der Waals surface area contributed by atoms with Crippen molar-refractivity contribution in [2.24, 2.45) is 17.8 Å². The fourth-order valence-electron chi connectivity index (χ4n) is 4.57. The summed E-state index contributed by atoms with van der Waals surface area (Å²) in [5.41, 5.74) is 0. The number of unbranched alkanes of at least 4 members (excludes halogenated alkanes) is 5. The Hall–Kier alpha value is -0.260. The second kappa shape index (κ2) is 10.5. The van der Waals surface area contributed by atoms with Crippen molar-refractivity contribution >= 4 is 0 Å². The molecule has 2 fully saturated rings. The summed E-state index contributed by atoms with van der Waals surface area (Å²) in [6.45, 7) is 2.30. The molecule has 0 nitrogen and oxygen atoms in total. The molecular weight excluding hydrogens is 252 g/mol. The van der Waals surface area contributed by atoms with Crippen molar-refractivity contribution in [1.82, 2.24) is 0 Å².